The van der Waals surface area contributed by atoms with Crippen LogP contribution < -0.4 is 16.0 Å². The quantitative estimate of drug-likeness (QED) is 0.697. The number of piperazine rings is 1. The van der Waals surface area contributed by atoms with Gasteiger partial charge in [-0.2, -0.15) is 0 Å². The fourth-order valence-corrected chi connectivity index (χ4v) is 3.27. The van der Waals surface area contributed by atoms with Gasteiger partial charge in [-0.15, -0.1) is 0 Å². The molecule has 1 spiro atoms. The molecule has 0 saturated carbocycles. The number of hydrogen-bond acceptors (Lipinski definition) is 3. The number of amides is 5. The van der Waals surface area contributed by atoms with Gasteiger partial charge in [0.1, 0.15) is 6.54 Å². The number of para-hydroxylation sites is 1. The highest BCUT2D eigenvalue weighted by molar-refractivity contribution is 5.90. The van der Waals surface area contributed by atoms with Crippen molar-refractivity contribution in [2.24, 2.45) is 0 Å². The molecule has 5 amide bonds. The third-order valence-corrected chi connectivity index (χ3v) is 4.59. The van der Waals surface area contributed by atoms with E-state index in [1.165, 1.54) is 7.05 Å². The van der Waals surface area contributed by atoms with Gasteiger partial charge in [-0.3, -0.25) is 4.79 Å². The minimum Gasteiger partial charge on any atom is -0.352 e. The standard InChI is InChI=1S/C16H21N5O3/c1-17-14(23)21-9-13(22)18-10-16(21)7-8-20(11-16)15(24)19-12-5-3-2-4-6-12/h2-6H,7-11H2,1H3,(H,17,23)(H,18,22)(H,19,24). The van der Waals surface area contributed by atoms with Crippen molar-refractivity contribution in [2.75, 3.05) is 38.5 Å². The third kappa shape index (κ3) is 2.99. The van der Waals surface area contributed by atoms with E-state index in [0.29, 0.717) is 26.1 Å². The van der Waals surface area contributed by atoms with E-state index in [2.05, 4.69) is 16.0 Å². The van der Waals surface area contributed by atoms with Gasteiger partial charge in [0.15, 0.2) is 0 Å². The molecule has 1 aromatic rings. The number of carbonyl (C=O) groups is 3. The van der Waals surface area contributed by atoms with E-state index in [4.69, 9.17) is 0 Å². The van der Waals surface area contributed by atoms with E-state index < -0.39 is 5.54 Å². The number of nitrogens with zero attached hydrogens (tertiary/aromatic N) is 2. The number of anilines is 1. The summed E-state index contributed by atoms with van der Waals surface area (Å²) in [6.07, 6.45) is 0.628. The maximum atomic E-state index is 12.5. The van der Waals surface area contributed by atoms with Crippen LogP contribution in [0.25, 0.3) is 0 Å². The Kier molecular flexibility index (Phi) is 4.28. The molecular formula is C16H21N5O3. The smallest absolute Gasteiger partial charge is 0.321 e. The molecule has 2 fully saturated rings. The largest absolute Gasteiger partial charge is 0.352 e. The summed E-state index contributed by atoms with van der Waals surface area (Å²) in [6, 6.07) is 8.73. The number of urea groups is 2. The molecular weight excluding hydrogens is 310 g/mol. The van der Waals surface area contributed by atoms with Crippen LogP contribution in [0.3, 0.4) is 0 Å². The Morgan fingerprint density at radius 1 is 1.21 bits per heavy atom. The zero-order valence-corrected chi connectivity index (χ0v) is 13.5. The predicted octanol–water partition coefficient (Wildman–Crippen LogP) is 0.434. The Labute approximate surface area is 140 Å². The monoisotopic (exact) mass is 331 g/mol. The van der Waals surface area contributed by atoms with Crippen molar-refractivity contribution >= 4 is 23.7 Å². The highest BCUT2D eigenvalue weighted by Crippen LogP contribution is 2.30. The van der Waals surface area contributed by atoms with Crippen LogP contribution in [0.1, 0.15) is 6.42 Å². The molecule has 3 rings (SSSR count). The van der Waals surface area contributed by atoms with Gasteiger partial charge in [-0.1, -0.05) is 18.2 Å². The maximum absolute atomic E-state index is 12.5. The first-order valence-corrected chi connectivity index (χ1v) is 7.91. The van der Waals surface area contributed by atoms with Crippen LogP contribution in [0.2, 0.25) is 0 Å². The van der Waals surface area contributed by atoms with Crippen molar-refractivity contribution in [1.29, 1.82) is 0 Å². The molecule has 3 N–H and O–H groups in total. The van der Waals surface area contributed by atoms with Crippen LogP contribution in [0.15, 0.2) is 30.3 Å². The van der Waals surface area contributed by atoms with E-state index in [-0.39, 0.29) is 24.5 Å². The summed E-state index contributed by atoms with van der Waals surface area (Å²) in [4.78, 5) is 39.5. The Morgan fingerprint density at radius 2 is 1.96 bits per heavy atom. The van der Waals surface area contributed by atoms with Crippen LogP contribution in [0, 0.1) is 0 Å². The van der Waals surface area contributed by atoms with Gasteiger partial charge in [0, 0.05) is 32.4 Å². The Morgan fingerprint density at radius 3 is 2.67 bits per heavy atom. The first kappa shape index (κ1) is 16.1. The van der Waals surface area contributed by atoms with Crippen molar-refractivity contribution in [3.63, 3.8) is 0 Å². The maximum Gasteiger partial charge on any atom is 0.321 e. The van der Waals surface area contributed by atoms with E-state index in [9.17, 15) is 14.4 Å². The molecule has 8 heteroatoms. The summed E-state index contributed by atoms with van der Waals surface area (Å²) < 4.78 is 0. The molecule has 0 aliphatic carbocycles. The minimum absolute atomic E-state index is 0.00776. The molecule has 2 saturated heterocycles. The van der Waals surface area contributed by atoms with Crippen molar-refractivity contribution < 1.29 is 14.4 Å². The lowest BCUT2D eigenvalue weighted by atomic mass is 9.94. The topological polar surface area (TPSA) is 93.8 Å². The second-order valence-electron chi connectivity index (χ2n) is 6.11. The van der Waals surface area contributed by atoms with Crippen LogP contribution in [-0.2, 0) is 4.79 Å². The van der Waals surface area contributed by atoms with Crippen LogP contribution in [-0.4, -0.2) is 66.5 Å². The molecule has 1 unspecified atom stereocenters. The van der Waals surface area contributed by atoms with Crippen molar-refractivity contribution in [3.05, 3.63) is 30.3 Å². The predicted molar refractivity (Wildman–Crippen MR) is 88.6 cm³/mol. The van der Waals surface area contributed by atoms with Crippen molar-refractivity contribution in [3.8, 4) is 0 Å². The molecule has 8 nitrogen and oxygen atoms in total. The zero-order valence-electron chi connectivity index (χ0n) is 13.5. The summed E-state index contributed by atoms with van der Waals surface area (Å²) in [5, 5.41) is 8.25. The summed E-state index contributed by atoms with van der Waals surface area (Å²) in [5.41, 5.74) is 0.172. The second kappa shape index (κ2) is 6.38. The highest BCUT2D eigenvalue weighted by atomic mass is 16.2. The van der Waals surface area contributed by atoms with Gasteiger partial charge in [0.25, 0.3) is 0 Å². The molecule has 0 radical (unpaired) electrons. The van der Waals surface area contributed by atoms with Gasteiger partial charge in [0.2, 0.25) is 5.91 Å². The molecule has 2 aliphatic heterocycles. The lowest BCUT2D eigenvalue weighted by Gasteiger charge is -2.43. The highest BCUT2D eigenvalue weighted by Gasteiger charge is 2.49. The lowest BCUT2D eigenvalue weighted by Crippen LogP contribution is -2.67. The fourth-order valence-electron chi connectivity index (χ4n) is 3.27. The number of nitrogens with one attached hydrogen (secondary N) is 3. The first-order chi connectivity index (χ1) is 11.5. The molecule has 0 aromatic heterocycles. The average molecular weight is 331 g/mol. The van der Waals surface area contributed by atoms with Crippen LogP contribution >= 0.6 is 0 Å². The number of rotatable bonds is 1. The lowest BCUT2D eigenvalue weighted by molar-refractivity contribution is -0.126. The second-order valence-corrected chi connectivity index (χ2v) is 6.11. The summed E-state index contributed by atoms with van der Waals surface area (Å²) >= 11 is 0. The van der Waals surface area contributed by atoms with Gasteiger partial charge >= 0.3 is 12.1 Å². The summed E-state index contributed by atoms with van der Waals surface area (Å²) in [7, 11) is 1.54. The molecule has 128 valence electrons. The molecule has 2 aliphatic rings. The van der Waals surface area contributed by atoms with Gasteiger partial charge in [-0.05, 0) is 18.6 Å². The van der Waals surface area contributed by atoms with E-state index in [0.717, 1.165) is 5.69 Å². The number of likely N-dealkylation sites (tertiary alicyclic amines) is 1. The van der Waals surface area contributed by atoms with Crippen molar-refractivity contribution in [2.45, 2.75) is 12.0 Å². The first-order valence-electron chi connectivity index (χ1n) is 7.91. The summed E-state index contributed by atoms with van der Waals surface area (Å²) in [5.74, 6) is -0.184. The summed E-state index contributed by atoms with van der Waals surface area (Å²) in [6.45, 7) is 1.28. The average Bonchev–Trinajstić information content (AvgIpc) is 3.02. The fraction of sp³-hybridized carbons (Fsp3) is 0.438. The van der Waals surface area contributed by atoms with Gasteiger partial charge in [-0.25, -0.2) is 9.59 Å². The normalized spacial score (nSPS) is 23.1. The van der Waals surface area contributed by atoms with E-state index >= 15 is 0 Å². The van der Waals surface area contributed by atoms with Crippen LogP contribution in [0.4, 0.5) is 15.3 Å². The molecule has 2 heterocycles. The zero-order chi connectivity index (χ0) is 17.2. The Hall–Kier alpha value is -2.77. The van der Waals surface area contributed by atoms with Gasteiger partial charge < -0.3 is 25.8 Å². The van der Waals surface area contributed by atoms with E-state index in [1.54, 1.807) is 9.80 Å². The molecule has 1 atom stereocenters. The third-order valence-electron chi connectivity index (χ3n) is 4.59. The number of hydrogen-bond donors (Lipinski definition) is 3. The molecule has 0 bridgehead atoms. The molecule has 24 heavy (non-hydrogen) atoms. The number of carbonyl (C=O) groups excluding carboxylic acids is 3. The Balaban J connectivity index is 1.71. The Bertz CT molecular complexity index is 650. The minimum atomic E-state index is -0.554. The SMILES string of the molecule is CNC(=O)N1CC(=O)NCC12CCN(C(=O)Nc1ccccc1)C2. The number of benzene rings is 1. The molecule has 1 aromatic carbocycles. The van der Waals surface area contributed by atoms with Crippen molar-refractivity contribution in [1.82, 2.24) is 20.4 Å². The van der Waals surface area contributed by atoms with E-state index in [1.807, 2.05) is 30.3 Å². The van der Waals surface area contributed by atoms with Crippen LogP contribution in [0.5, 0.6) is 0 Å². The van der Waals surface area contributed by atoms with Gasteiger partial charge in [0.05, 0.1) is 5.54 Å².